The van der Waals surface area contributed by atoms with Gasteiger partial charge in [0.05, 0.1) is 22.8 Å². The van der Waals surface area contributed by atoms with Crippen LogP contribution in [0.15, 0.2) is 84.4 Å². The number of nitrogens with zero attached hydrogens (tertiary/aromatic N) is 4. The van der Waals surface area contributed by atoms with Crippen LogP contribution in [0.4, 0.5) is 11.4 Å². The summed E-state index contributed by atoms with van der Waals surface area (Å²) >= 11 is 5.75. The number of hydrogen-bond donors (Lipinski definition) is 0. The van der Waals surface area contributed by atoms with E-state index >= 15 is 0 Å². The number of carbonyl (C=O) groups excluding carboxylic acids is 2. The fourth-order valence-electron chi connectivity index (χ4n) is 4.46. The van der Waals surface area contributed by atoms with Gasteiger partial charge in [-0.15, -0.1) is 0 Å². The number of carbonyl (C=O) groups is 2. The van der Waals surface area contributed by atoms with Crippen LogP contribution in [-0.4, -0.2) is 26.7 Å². The Morgan fingerprint density at radius 1 is 0.703 bits per heavy atom. The summed E-state index contributed by atoms with van der Waals surface area (Å²) in [5.41, 5.74) is 6.53. The van der Waals surface area contributed by atoms with E-state index in [0.29, 0.717) is 17.1 Å². The van der Waals surface area contributed by atoms with E-state index in [-0.39, 0.29) is 10.7 Å². The van der Waals surface area contributed by atoms with Crippen molar-refractivity contribution in [3.8, 4) is 5.69 Å². The van der Waals surface area contributed by atoms with Gasteiger partial charge in [0.1, 0.15) is 5.57 Å². The highest BCUT2D eigenvalue weighted by atomic mass is 32.1. The Morgan fingerprint density at radius 2 is 1.27 bits per heavy atom. The monoisotopic (exact) mass is 506 g/mol. The first-order chi connectivity index (χ1) is 17.8. The molecule has 4 aromatic rings. The van der Waals surface area contributed by atoms with Crippen molar-refractivity contribution >= 4 is 46.6 Å². The molecule has 0 N–H and O–H groups in total. The molecule has 0 spiro atoms. The van der Waals surface area contributed by atoms with Crippen LogP contribution in [0.3, 0.4) is 0 Å². The molecule has 0 unspecified atom stereocenters. The Labute approximate surface area is 221 Å². The van der Waals surface area contributed by atoms with Crippen molar-refractivity contribution in [1.29, 1.82) is 0 Å². The largest absolute Gasteiger partial charge is 0.270 e. The Hall–Kier alpha value is -4.36. The molecule has 1 aromatic heterocycles. The SMILES string of the molecule is Cc1ccc(N2C(=O)/C(=C/c3c(C)nn(-c4ccccc4)c3C)C(=O)N(c3ccccc3)C2=S)cc1C. The van der Waals surface area contributed by atoms with Gasteiger partial charge in [-0.25, -0.2) is 4.68 Å². The van der Waals surface area contributed by atoms with Crippen LogP contribution in [0.5, 0.6) is 0 Å². The number of aryl methyl sites for hydroxylation is 3. The lowest BCUT2D eigenvalue weighted by molar-refractivity contribution is -0.120. The van der Waals surface area contributed by atoms with E-state index in [2.05, 4.69) is 5.10 Å². The van der Waals surface area contributed by atoms with E-state index < -0.39 is 11.8 Å². The maximum atomic E-state index is 13.9. The van der Waals surface area contributed by atoms with Gasteiger partial charge in [0.2, 0.25) is 0 Å². The lowest BCUT2D eigenvalue weighted by Crippen LogP contribution is -2.57. The topological polar surface area (TPSA) is 58.4 Å². The van der Waals surface area contributed by atoms with E-state index in [0.717, 1.165) is 28.1 Å². The van der Waals surface area contributed by atoms with Gasteiger partial charge in [0.15, 0.2) is 5.11 Å². The number of aromatic nitrogens is 2. The summed E-state index contributed by atoms with van der Waals surface area (Å²) in [6.45, 7) is 7.80. The maximum absolute atomic E-state index is 13.9. The molecule has 2 amide bonds. The lowest BCUT2D eigenvalue weighted by Gasteiger charge is -2.36. The highest BCUT2D eigenvalue weighted by molar-refractivity contribution is 7.81. The van der Waals surface area contributed by atoms with Crippen LogP contribution in [0.2, 0.25) is 0 Å². The van der Waals surface area contributed by atoms with Crippen molar-refractivity contribution < 1.29 is 9.59 Å². The second kappa shape index (κ2) is 9.59. The number of amides is 2. The number of benzene rings is 3. The Kier molecular flexibility index (Phi) is 6.31. The number of rotatable bonds is 4. The van der Waals surface area contributed by atoms with Crippen molar-refractivity contribution in [1.82, 2.24) is 9.78 Å². The fourth-order valence-corrected chi connectivity index (χ4v) is 4.83. The molecule has 184 valence electrons. The highest BCUT2D eigenvalue weighted by Gasteiger charge is 2.41. The van der Waals surface area contributed by atoms with Crippen LogP contribution in [0.1, 0.15) is 28.1 Å². The Balaban J connectivity index is 1.68. The summed E-state index contributed by atoms with van der Waals surface area (Å²) in [6.07, 6.45) is 1.65. The Morgan fingerprint density at radius 3 is 1.86 bits per heavy atom. The second-order valence-corrected chi connectivity index (χ2v) is 9.42. The second-order valence-electron chi connectivity index (χ2n) is 9.06. The van der Waals surface area contributed by atoms with Gasteiger partial charge in [-0.2, -0.15) is 5.10 Å². The third-order valence-electron chi connectivity index (χ3n) is 6.65. The molecule has 0 radical (unpaired) electrons. The summed E-state index contributed by atoms with van der Waals surface area (Å²) in [6, 6.07) is 24.6. The van der Waals surface area contributed by atoms with E-state index in [1.54, 1.807) is 18.2 Å². The molecule has 1 aliphatic rings. The predicted octanol–water partition coefficient (Wildman–Crippen LogP) is 5.85. The van der Waals surface area contributed by atoms with E-state index in [1.807, 2.05) is 99.1 Å². The molecule has 1 saturated heterocycles. The minimum Gasteiger partial charge on any atom is -0.268 e. The molecule has 5 rings (SSSR count). The number of hydrogen-bond acceptors (Lipinski definition) is 4. The average molecular weight is 507 g/mol. The molecule has 2 heterocycles. The van der Waals surface area contributed by atoms with Crippen molar-refractivity contribution in [3.05, 3.63) is 113 Å². The summed E-state index contributed by atoms with van der Waals surface area (Å²) in [5.74, 6) is -0.927. The first-order valence-corrected chi connectivity index (χ1v) is 12.4. The molecule has 0 saturated carbocycles. The van der Waals surface area contributed by atoms with Crippen LogP contribution in [-0.2, 0) is 9.59 Å². The van der Waals surface area contributed by atoms with Gasteiger partial charge in [0.25, 0.3) is 11.8 Å². The van der Waals surface area contributed by atoms with Crippen LogP contribution < -0.4 is 9.80 Å². The van der Waals surface area contributed by atoms with E-state index in [1.165, 1.54) is 9.80 Å². The van der Waals surface area contributed by atoms with Gasteiger partial charge >= 0.3 is 0 Å². The van der Waals surface area contributed by atoms with E-state index in [9.17, 15) is 9.59 Å². The third kappa shape index (κ3) is 4.27. The number of para-hydroxylation sites is 2. The third-order valence-corrected chi connectivity index (χ3v) is 7.01. The van der Waals surface area contributed by atoms with Crippen LogP contribution >= 0.6 is 12.2 Å². The van der Waals surface area contributed by atoms with Gasteiger partial charge in [-0.3, -0.25) is 19.4 Å². The number of thiocarbonyl (C=S) groups is 1. The highest BCUT2D eigenvalue weighted by Crippen LogP contribution is 2.31. The summed E-state index contributed by atoms with van der Waals surface area (Å²) in [7, 11) is 0. The molecule has 1 aliphatic heterocycles. The first kappa shape index (κ1) is 24.3. The lowest BCUT2D eigenvalue weighted by atomic mass is 10.0. The van der Waals surface area contributed by atoms with E-state index in [4.69, 9.17) is 12.2 Å². The first-order valence-electron chi connectivity index (χ1n) is 12.0. The smallest absolute Gasteiger partial charge is 0.268 e. The summed E-state index contributed by atoms with van der Waals surface area (Å²) in [5, 5.41) is 4.80. The zero-order valence-electron chi connectivity index (χ0n) is 21.1. The molecule has 1 fully saturated rings. The average Bonchev–Trinajstić information content (AvgIpc) is 3.18. The normalized spacial score (nSPS) is 15.1. The van der Waals surface area contributed by atoms with Gasteiger partial charge in [-0.05, 0) is 93.5 Å². The number of anilines is 2. The van der Waals surface area contributed by atoms with Crippen molar-refractivity contribution in [3.63, 3.8) is 0 Å². The minimum atomic E-state index is -0.465. The minimum absolute atomic E-state index is 0.0227. The molecule has 0 bridgehead atoms. The van der Waals surface area contributed by atoms with Crippen molar-refractivity contribution in [2.24, 2.45) is 0 Å². The molecule has 0 aliphatic carbocycles. The zero-order valence-corrected chi connectivity index (χ0v) is 21.9. The van der Waals surface area contributed by atoms with Gasteiger partial charge in [-0.1, -0.05) is 42.5 Å². The maximum Gasteiger partial charge on any atom is 0.270 e. The van der Waals surface area contributed by atoms with Crippen LogP contribution in [0, 0.1) is 27.7 Å². The zero-order chi connectivity index (χ0) is 26.3. The molecule has 3 aromatic carbocycles. The van der Waals surface area contributed by atoms with Crippen LogP contribution in [0.25, 0.3) is 11.8 Å². The quantitative estimate of drug-likeness (QED) is 0.198. The predicted molar refractivity (Wildman–Crippen MR) is 151 cm³/mol. The van der Waals surface area contributed by atoms with Gasteiger partial charge < -0.3 is 0 Å². The molecule has 37 heavy (non-hydrogen) atoms. The molecule has 7 heteroatoms. The van der Waals surface area contributed by atoms with Gasteiger partial charge in [0, 0.05) is 11.3 Å². The standard InChI is InChI=1S/C30H26N4O2S/c1-19-15-16-25(17-20(19)2)33-29(36)27(28(35)32(30(33)37)23-11-7-5-8-12-23)18-26-21(3)31-34(22(26)4)24-13-9-6-10-14-24/h5-18H,1-4H3/b27-18+. The summed E-state index contributed by atoms with van der Waals surface area (Å²) in [4.78, 5) is 30.6. The molecular weight excluding hydrogens is 480 g/mol. The Bertz CT molecular complexity index is 1570. The van der Waals surface area contributed by atoms with Crippen molar-refractivity contribution in [2.75, 3.05) is 9.80 Å². The summed E-state index contributed by atoms with van der Waals surface area (Å²) < 4.78 is 1.82. The molecule has 0 atom stereocenters. The molecular formula is C30H26N4O2S. The fraction of sp³-hybridized carbons (Fsp3) is 0.133. The van der Waals surface area contributed by atoms with Crippen molar-refractivity contribution in [2.45, 2.75) is 27.7 Å². The molecule has 6 nitrogen and oxygen atoms in total.